The van der Waals surface area contributed by atoms with Crippen LogP contribution in [-0.2, 0) is 19.6 Å². The van der Waals surface area contributed by atoms with Gasteiger partial charge in [0.1, 0.15) is 12.4 Å². The molecule has 18 heavy (non-hydrogen) atoms. The van der Waals surface area contributed by atoms with Crippen molar-refractivity contribution in [2.24, 2.45) is 0 Å². The molecule has 0 spiro atoms. The SMILES string of the molecule is CCCc1nc(COc2ccc(CO)nc2)cs1. The molecule has 0 aliphatic rings. The Bertz CT molecular complexity index is 482. The van der Waals surface area contributed by atoms with Gasteiger partial charge in [0.05, 0.1) is 29.2 Å². The number of aryl methyl sites for hydroxylation is 1. The maximum atomic E-state index is 8.88. The number of hydrogen-bond acceptors (Lipinski definition) is 5. The van der Waals surface area contributed by atoms with E-state index >= 15 is 0 Å². The van der Waals surface area contributed by atoms with Gasteiger partial charge in [-0.15, -0.1) is 11.3 Å². The number of aliphatic hydroxyl groups excluding tert-OH is 1. The Kier molecular flexibility index (Phi) is 4.66. The van der Waals surface area contributed by atoms with E-state index < -0.39 is 0 Å². The molecule has 2 aromatic heterocycles. The molecule has 0 aliphatic carbocycles. The van der Waals surface area contributed by atoms with E-state index in [2.05, 4.69) is 16.9 Å². The van der Waals surface area contributed by atoms with E-state index in [4.69, 9.17) is 9.84 Å². The zero-order valence-electron chi connectivity index (χ0n) is 10.3. The molecule has 0 amide bonds. The highest BCUT2D eigenvalue weighted by Gasteiger charge is 2.02. The molecule has 2 aromatic rings. The van der Waals surface area contributed by atoms with Crippen molar-refractivity contribution in [1.82, 2.24) is 9.97 Å². The molecule has 0 aliphatic heterocycles. The Balaban J connectivity index is 1.89. The third kappa shape index (κ3) is 3.51. The fourth-order valence-electron chi connectivity index (χ4n) is 1.49. The minimum Gasteiger partial charge on any atom is -0.486 e. The number of aliphatic hydroxyl groups is 1. The Morgan fingerprint density at radius 1 is 1.33 bits per heavy atom. The molecule has 0 fully saturated rings. The van der Waals surface area contributed by atoms with Crippen LogP contribution in [0.3, 0.4) is 0 Å². The highest BCUT2D eigenvalue weighted by Crippen LogP contribution is 2.15. The number of ether oxygens (including phenoxy) is 1. The molecule has 1 N–H and O–H groups in total. The Morgan fingerprint density at radius 2 is 2.22 bits per heavy atom. The fourth-order valence-corrected chi connectivity index (χ4v) is 2.38. The summed E-state index contributed by atoms with van der Waals surface area (Å²) in [4.78, 5) is 8.53. The summed E-state index contributed by atoms with van der Waals surface area (Å²) in [5.41, 5.74) is 1.59. The average molecular weight is 264 g/mol. The maximum absolute atomic E-state index is 8.88. The van der Waals surface area contributed by atoms with Gasteiger partial charge in [-0.3, -0.25) is 4.98 Å². The third-order valence-electron chi connectivity index (χ3n) is 2.41. The molecule has 0 saturated carbocycles. The largest absolute Gasteiger partial charge is 0.486 e. The molecule has 5 heteroatoms. The maximum Gasteiger partial charge on any atom is 0.138 e. The van der Waals surface area contributed by atoms with Crippen molar-refractivity contribution in [2.45, 2.75) is 33.0 Å². The van der Waals surface area contributed by atoms with Crippen molar-refractivity contribution in [3.05, 3.63) is 40.1 Å². The monoisotopic (exact) mass is 264 g/mol. The van der Waals surface area contributed by atoms with E-state index in [0.717, 1.165) is 23.5 Å². The summed E-state index contributed by atoms with van der Waals surface area (Å²) in [6, 6.07) is 3.55. The number of rotatable bonds is 6. The smallest absolute Gasteiger partial charge is 0.138 e. The lowest BCUT2D eigenvalue weighted by molar-refractivity contribution is 0.274. The summed E-state index contributed by atoms with van der Waals surface area (Å²) in [5, 5.41) is 12.1. The number of hydrogen-bond donors (Lipinski definition) is 1. The van der Waals surface area contributed by atoms with Gasteiger partial charge in [-0.1, -0.05) is 6.92 Å². The van der Waals surface area contributed by atoms with E-state index in [1.807, 2.05) is 5.38 Å². The Hall–Kier alpha value is -1.46. The molecule has 0 unspecified atom stereocenters. The second-order valence-corrected chi connectivity index (χ2v) is 4.86. The van der Waals surface area contributed by atoms with Crippen LogP contribution in [0.15, 0.2) is 23.7 Å². The van der Waals surface area contributed by atoms with E-state index in [1.54, 1.807) is 29.7 Å². The molecule has 0 saturated heterocycles. The Labute approximate surface area is 110 Å². The summed E-state index contributed by atoms with van der Waals surface area (Å²) in [7, 11) is 0. The molecule has 2 rings (SSSR count). The van der Waals surface area contributed by atoms with E-state index in [9.17, 15) is 0 Å². The van der Waals surface area contributed by atoms with Gasteiger partial charge in [-0.25, -0.2) is 4.98 Å². The number of aromatic nitrogens is 2. The van der Waals surface area contributed by atoms with Crippen molar-refractivity contribution in [2.75, 3.05) is 0 Å². The lowest BCUT2D eigenvalue weighted by Gasteiger charge is -2.04. The van der Waals surface area contributed by atoms with Crippen LogP contribution < -0.4 is 4.74 Å². The standard InChI is InChI=1S/C13H16N2O2S/c1-2-3-13-15-11(9-18-13)8-17-12-5-4-10(7-16)14-6-12/h4-6,9,16H,2-3,7-8H2,1H3. The van der Waals surface area contributed by atoms with Gasteiger partial charge in [-0.05, 0) is 25.0 Å². The molecular formula is C13H16N2O2S. The molecular weight excluding hydrogens is 248 g/mol. The predicted octanol–water partition coefficient (Wildman–Crippen LogP) is 2.56. The van der Waals surface area contributed by atoms with Crippen LogP contribution in [0.1, 0.15) is 29.7 Å². The highest BCUT2D eigenvalue weighted by molar-refractivity contribution is 7.09. The van der Waals surface area contributed by atoms with Crippen LogP contribution in [0.2, 0.25) is 0 Å². The van der Waals surface area contributed by atoms with Crippen LogP contribution in [0.5, 0.6) is 5.75 Å². The summed E-state index contributed by atoms with van der Waals surface area (Å²) in [6.07, 6.45) is 3.75. The molecule has 2 heterocycles. The van der Waals surface area contributed by atoms with Gasteiger partial charge in [0, 0.05) is 5.38 Å². The number of pyridine rings is 1. The van der Waals surface area contributed by atoms with Gasteiger partial charge in [0.25, 0.3) is 0 Å². The van der Waals surface area contributed by atoms with Gasteiger partial charge in [0.15, 0.2) is 0 Å². The van der Waals surface area contributed by atoms with Crippen molar-refractivity contribution in [3.8, 4) is 5.75 Å². The molecule has 0 radical (unpaired) electrons. The second kappa shape index (κ2) is 6.47. The fraction of sp³-hybridized carbons (Fsp3) is 0.385. The van der Waals surface area contributed by atoms with E-state index in [0.29, 0.717) is 18.1 Å². The number of nitrogens with zero attached hydrogens (tertiary/aromatic N) is 2. The first-order chi connectivity index (χ1) is 8.81. The molecule has 4 nitrogen and oxygen atoms in total. The summed E-state index contributed by atoms with van der Waals surface area (Å²) >= 11 is 1.68. The molecule has 0 aromatic carbocycles. The van der Waals surface area contributed by atoms with Gasteiger partial charge in [-0.2, -0.15) is 0 Å². The lowest BCUT2D eigenvalue weighted by Crippen LogP contribution is -1.97. The van der Waals surface area contributed by atoms with Crippen LogP contribution >= 0.6 is 11.3 Å². The summed E-state index contributed by atoms with van der Waals surface area (Å²) in [6.45, 7) is 2.55. The first-order valence-corrected chi connectivity index (χ1v) is 6.81. The van der Waals surface area contributed by atoms with Gasteiger partial charge >= 0.3 is 0 Å². The third-order valence-corrected chi connectivity index (χ3v) is 3.37. The lowest BCUT2D eigenvalue weighted by atomic mass is 10.3. The quantitative estimate of drug-likeness (QED) is 0.871. The molecule has 0 atom stereocenters. The highest BCUT2D eigenvalue weighted by atomic mass is 32.1. The minimum absolute atomic E-state index is 0.0489. The molecule has 96 valence electrons. The second-order valence-electron chi connectivity index (χ2n) is 3.91. The van der Waals surface area contributed by atoms with E-state index in [1.165, 1.54) is 0 Å². The topological polar surface area (TPSA) is 55.2 Å². The van der Waals surface area contributed by atoms with Gasteiger partial charge in [0.2, 0.25) is 0 Å². The van der Waals surface area contributed by atoms with Crippen molar-refractivity contribution >= 4 is 11.3 Å². The van der Waals surface area contributed by atoms with Gasteiger partial charge < -0.3 is 9.84 Å². The zero-order valence-corrected chi connectivity index (χ0v) is 11.1. The van der Waals surface area contributed by atoms with Crippen LogP contribution in [0, 0.1) is 0 Å². The summed E-state index contributed by atoms with van der Waals surface area (Å²) in [5.74, 6) is 0.692. The van der Waals surface area contributed by atoms with E-state index in [-0.39, 0.29) is 6.61 Å². The van der Waals surface area contributed by atoms with Crippen LogP contribution in [-0.4, -0.2) is 15.1 Å². The first-order valence-electron chi connectivity index (χ1n) is 5.93. The first kappa shape index (κ1) is 13.0. The normalized spacial score (nSPS) is 10.6. The predicted molar refractivity (Wildman–Crippen MR) is 70.6 cm³/mol. The Morgan fingerprint density at radius 3 is 2.89 bits per heavy atom. The number of thiazole rings is 1. The van der Waals surface area contributed by atoms with Crippen molar-refractivity contribution in [3.63, 3.8) is 0 Å². The summed E-state index contributed by atoms with van der Waals surface area (Å²) < 4.78 is 5.58. The minimum atomic E-state index is -0.0489. The van der Waals surface area contributed by atoms with Crippen LogP contribution in [0.4, 0.5) is 0 Å². The van der Waals surface area contributed by atoms with Crippen molar-refractivity contribution in [1.29, 1.82) is 0 Å². The molecule has 0 bridgehead atoms. The van der Waals surface area contributed by atoms with Crippen molar-refractivity contribution < 1.29 is 9.84 Å². The zero-order chi connectivity index (χ0) is 12.8. The van der Waals surface area contributed by atoms with Crippen LogP contribution in [0.25, 0.3) is 0 Å². The average Bonchev–Trinajstić information content (AvgIpc) is 2.85.